The average molecular weight is 308 g/mol. The Morgan fingerprint density at radius 3 is 2.50 bits per heavy atom. The fraction of sp³-hybridized carbons (Fsp3) is 0.222. The molecule has 1 N–H and O–H groups in total. The fourth-order valence-electron chi connectivity index (χ4n) is 3.32. The van der Waals surface area contributed by atoms with Crippen LogP contribution in [-0.4, -0.2) is 21.4 Å². The van der Waals surface area contributed by atoms with Crippen LogP contribution >= 0.6 is 11.3 Å². The molecule has 0 amide bonds. The van der Waals surface area contributed by atoms with Gasteiger partial charge in [-0.2, -0.15) is 0 Å². The highest BCUT2D eigenvalue weighted by Gasteiger charge is 2.33. The fourth-order valence-corrected chi connectivity index (χ4v) is 4.06. The van der Waals surface area contributed by atoms with Crippen LogP contribution < -0.4 is 0 Å². The maximum Gasteiger partial charge on any atom is 0.148 e. The first-order valence-electron chi connectivity index (χ1n) is 7.39. The summed E-state index contributed by atoms with van der Waals surface area (Å²) in [5.41, 5.74) is 4.68. The molecule has 22 heavy (non-hydrogen) atoms. The molecule has 4 rings (SSSR count). The molecule has 4 heteroatoms. The van der Waals surface area contributed by atoms with Crippen LogP contribution in [0.5, 0.6) is 0 Å². The van der Waals surface area contributed by atoms with Crippen molar-refractivity contribution < 1.29 is 5.11 Å². The predicted octanol–water partition coefficient (Wildman–Crippen LogP) is 3.56. The predicted molar refractivity (Wildman–Crippen MR) is 88.1 cm³/mol. The Balaban J connectivity index is 1.87. The molecule has 0 unspecified atom stereocenters. The lowest BCUT2D eigenvalue weighted by molar-refractivity contribution is 0.170. The van der Waals surface area contributed by atoms with E-state index in [-0.39, 0.29) is 12.0 Å². The lowest BCUT2D eigenvalue weighted by Gasteiger charge is -2.19. The van der Waals surface area contributed by atoms with Gasteiger partial charge in [-0.05, 0) is 30.0 Å². The van der Waals surface area contributed by atoms with Gasteiger partial charge in [0, 0.05) is 11.5 Å². The molecule has 0 bridgehead atoms. The Kier molecular flexibility index (Phi) is 3.28. The van der Waals surface area contributed by atoms with Gasteiger partial charge in [-0.1, -0.05) is 59.9 Å². The normalized spacial score (nSPS) is 20.1. The molecule has 2 atom stereocenters. The number of hydrogen-bond acceptors (Lipinski definition) is 4. The number of aliphatic hydroxyl groups excluding tert-OH is 1. The summed E-state index contributed by atoms with van der Waals surface area (Å²) in [5.74, 6) is 0.0107. The third-order valence-electron chi connectivity index (χ3n) is 4.26. The van der Waals surface area contributed by atoms with E-state index in [0.717, 1.165) is 21.1 Å². The van der Waals surface area contributed by atoms with Crippen LogP contribution in [0.15, 0.2) is 48.5 Å². The Hall–Kier alpha value is -2.04. The first-order chi connectivity index (χ1) is 10.7. The summed E-state index contributed by atoms with van der Waals surface area (Å²) >= 11 is 1.59. The molecule has 0 saturated carbocycles. The summed E-state index contributed by atoms with van der Waals surface area (Å²) in [6.07, 6.45) is 0.331. The van der Waals surface area contributed by atoms with Gasteiger partial charge < -0.3 is 5.11 Å². The molecule has 0 spiro atoms. The van der Waals surface area contributed by atoms with Crippen molar-refractivity contribution >= 4 is 11.3 Å². The van der Waals surface area contributed by atoms with Crippen LogP contribution in [0.3, 0.4) is 0 Å². The number of fused-ring (bicyclic) bond motifs is 1. The summed E-state index contributed by atoms with van der Waals surface area (Å²) in [4.78, 5) is 0. The van der Waals surface area contributed by atoms with Crippen molar-refractivity contribution in [2.75, 3.05) is 0 Å². The number of benzene rings is 2. The molecule has 2 aromatic carbocycles. The number of rotatable bonds is 2. The maximum atomic E-state index is 10.6. The molecule has 1 aliphatic rings. The molecular weight excluding hydrogens is 292 g/mol. The Morgan fingerprint density at radius 2 is 1.73 bits per heavy atom. The van der Waals surface area contributed by atoms with E-state index in [9.17, 15) is 5.11 Å². The highest BCUT2D eigenvalue weighted by Crippen LogP contribution is 2.42. The monoisotopic (exact) mass is 308 g/mol. The molecule has 1 heterocycles. The van der Waals surface area contributed by atoms with E-state index in [4.69, 9.17) is 0 Å². The van der Waals surface area contributed by atoms with Crippen molar-refractivity contribution in [2.24, 2.45) is 0 Å². The number of aromatic nitrogens is 2. The summed E-state index contributed by atoms with van der Waals surface area (Å²) in [5, 5.41) is 20.9. The van der Waals surface area contributed by atoms with E-state index in [1.54, 1.807) is 11.3 Å². The standard InChI is InChI=1S/C18H16N2OS/c1-11-19-20-18(22-11)15-9-5-4-8-14(15)17-13-7-3-2-6-12(13)10-16(17)21/h2-9,16-17,21H,10H2,1H3/t16-,17+/m1/s1. The number of nitrogens with zero attached hydrogens (tertiary/aromatic N) is 2. The third kappa shape index (κ3) is 2.16. The first kappa shape index (κ1) is 13.6. The van der Waals surface area contributed by atoms with E-state index in [1.807, 2.05) is 31.2 Å². The minimum absolute atomic E-state index is 0.0107. The second-order valence-corrected chi connectivity index (χ2v) is 6.84. The van der Waals surface area contributed by atoms with Gasteiger partial charge in [0.05, 0.1) is 6.10 Å². The Labute approximate surface area is 133 Å². The zero-order valence-electron chi connectivity index (χ0n) is 12.2. The Morgan fingerprint density at radius 1 is 1.00 bits per heavy atom. The van der Waals surface area contributed by atoms with Crippen LogP contribution in [0.2, 0.25) is 0 Å². The lowest BCUT2D eigenvalue weighted by Crippen LogP contribution is -2.15. The number of aryl methyl sites for hydroxylation is 1. The van der Waals surface area contributed by atoms with Crippen LogP contribution in [0.1, 0.15) is 27.6 Å². The van der Waals surface area contributed by atoms with Crippen molar-refractivity contribution in [3.8, 4) is 10.6 Å². The van der Waals surface area contributed by atoms with E-state index in [2.05, 4.69) is 34.5 Å². The highest BCUT2D eigenvalue weighted by atomic mass is 32.1. The first-order valence-corrected chi connectivity index (χ1v) is 8.21. The zero-order valence-corrected chi connectivity index (χ0v) is 13.0. The minimum atomic E-state index is -0.382. The largest absolute Gasteiger partial charge is 0.392 e. The molecule has 3 nitrogen and oxygen atoms in total. The van der Waals surface area contributed by atoms with Gasteiger partial charge >= 0.3 is 0 Å². The summed E-state index contributed by atoms with van der Waals surface area (Å²) in [6.45, 7) is 1.96. The summed E-state index contributed by atoms with van der Waals surface area (Å²) in [6, 6.07) is 16.5. The minimum Gasteiger partial charge on any atom is -0.392 e. The van der Waals surface area contributed by atoms with Gasteiger partial charge in [-0.3, -0.25) is 0 Å². The van der Waals surface area contributed by atoms with Crippen molar-refractivity contribution in [1.82, 2.24) is 10.2 Å². The van der Waals surface area contributed by atoms with Crippen LogP contribution in [0.4, 0.5) is 0 Å². The van der Waals surface area contributed by atoms with Crippen LogP contribution in [0.25, 0.3) is 10.6 Å². The second kappa shape index (κ2) is 5.30. The van der Waals surface area contributed by atoms with Crippen molar-refractivity contribution in [3.05, 3.63) is 70.2 Å². The SMILES string of the molecule is Cc1nnc(-c2ccccc2[C@@H]2c3ccccc3C[C@H]2O)s1. The van der Waals surface area contributed by atoms with Gasteiger partial charge in [0.1, 0.15) is 10.0 Å². The van der Waals surface area contributed by atoms with E-state index in [1.165, 1.54) is 11.1 Å². The summed E-state index contributed by atoms with van der Waals surface area (Å²) in [7, 11) is 0. The molecule has 1 aromatic heterocycles. The second-order valence-electron chi connectivity index (χ2n) is 5.66. The van der Waals surface area contributed by atoms with E-state index < -0.39 is 0 Å². The molecule has 3 aromatic rings. The smallest absolute Gasteiger partial charge is 0.148 e. The van der Waals surface area contributed by atoms with Gasteiger partial charge in [0.2, 0.25) is 0 Å². The molecule has 1 aliphatic carbocycles. The van der Waals surface area contributed by atoms with Crippen LogP contribution in [-0.2, 0) is 6.42 Å². The molecule has 0 saturated heterocycles. The molecule has 0 radical (unpaired) electrons. The number of aliphatic hydroxyl groups is 1. The van der Waals surface area contributed by atoms with Crippen molar-refractivity contribution in [3.63, 3.8) is 0 Å². The van der Waals surface area contributed by atoms with Gasteiger partial charge in [0.25, 0.3) is 0 Å². The lowest BCUT2D eigenvalue weighted by atomic mass is 9.88. The van der Waals surface area contributed by atoms with Crippen LogP contribution in [0, 0.1) is 6.92 Å². The average Bonchev–Trinajstić information content (AvgIpc) is 3.10. The maximum absolute atomic E-state index is 10.6. The molecule has 110 valence electrons. The number of hydrogen-bond donors (Lipinski definition) is 1. The summed E-state index contributed by atoms with van der Waals surface area (Å²) < 4.78 is 0. The molecular formula is C18H16N2OS. The highest BCUT2D eigenvalue weighted by molar-refractivity contribution is 7.14. The zero-order chi connectivity index (χ0) is 15.1. The van der Waals surface area contributed by atoms with Crippen molar-refractivity contribution in [1.29, 1.82) is 0 Å². The molecule has 0 fully saturated rings. The van der Waals surface area contributed by atoms with E-state index in [0.29, 0.717) is 6.42 Å². The quantitative estimate of drug-likeness (QED) is 0.787. The third-order valence-corrected chi connectivity index (χ3v) is 5.13. The van der Waals surface area contributed by atoms with Gasteiger partial charge in [-0.25, -0.2) is 0 Å². The van der Waals surface area contributed by atoms with Crippen molar-refractivity contribution in [2.45, 2.75) is 25.4 Å². The topological polar surface area (TPSA) is 46.0 Å². The van der Waals surface area contributed by atoms with Gasteiger partial charge in [0.15, 0.2) is 0 Å². The van der Waals surface area contributed by atoms with Gasteiger partial charge in [-0.15, -0.1) is 10.2 Å². The molecule has 0 aliphatic heterocycles. The van der Waals surface area contributed by atoms with E-state index >= 15 is 0 Å². The Bertz CT molecular complexity index is 827.